The van der Waals surface area contributed by atoms with Crippen LogP contribution >= 0.6 is 0 Å². The Kier molecular flexibility index (Phi) is 2.93. The number of fused-ring (bicyclic) bond motifs is 1. The molecule has 0 spiro atoms. The smallest absolute Gasteiger partial charge is 0.138 e. The maximum Gasteiger partial charge on any atom is 0.138 e. The highest BCUT2D eigenvalue weighted by molar-refractivity contribution is 5.63. The van der Waals surface area contributed by atoms with Crippen LogP contribution in [0.2, 0.25) is 0 Å². The number of benzene rings is 1. The molecule has 0 saturated carbocycles. The number of pyridine rings is 1. The molecule has 2 N–H and O–H groups in total. The number of hydrogen-bond donors (Lipinski definition) is 1. The lowest BCUT2D eigenvalue weighted by Crippen LogP contribution is -2.13. The zero-order chi connectivity index (χ0) is 13.2. The molecular weight excluding hydrogens is 236 g/mol. The van der Waals surface area contributed by atoms with E-state index in [9.17, 15) is 0 Å². The summed E-state index contributed by atoms with van der Waals surface area (Å²) in [6.07, 6.45) is 3.77. The quantitative estimate of drug-likeness (QED) is 0.779. The van der Waals surface area contributed by atoms with Crippen LogP contribution in [0.5, 0.6) is 0 Å². The second-order valence-corrected chi connectivity index (χ2v) is 4.47. The SMILES string of the molecule is CN(c1cccc(CN)c1)c1cccc2nccn12. The summed E-state index contributed by atoms with van der Waals surface area (Å²) < 4.78 is 2.06. The van der Waals surface area contributed by atoms with Crippen molar-refractivity contribution in [3.05, 3.63) is 60.4 Å². The Hall–Kier alpha value is -2.33. The van der Waals surface area contributed by atoms with Crippen molar-refractivity contribution in [1.82, 2.24) is 9.38 Å². The van der Waals surface area contributed by atoms with E-state index in [-0.39, 0.29) is 0 Å². The standard InChI is InChI=1S/C15H16N4/c1-18(13-5-2-4-12(10-13)11-16)15-7-3-6-14-17-8-9-19(14)15/h2-10H,11,16H2,1H3. The third-order valence-electron chi connectivity index (χ3n) is 3.28. The Morgan fingerprint density at radius 1 is 1.21 bits per heavy atom. The molecule has 0 fully saturated rings. The van der Waals surface area contributed by atoms with Gasteiger partial charge in [-0.1, -0.05) is 18.2 Å². The third kappa shape index (κ3) is 2.06. The first-order valence-electron chi connectivity index (χ1n) is 6.24. The van der Waals surface area contributed by atoms with E-state index in [0.717, 1.165) is 22.7 Å². The molecule has 3 aromatic rings. The van der Waals surface area contributed by atoms with Gasteiger partial charge in [0.1, 0.15) is 11.5 Å². The summed E-state index contributed by atoms with van der Waals surface area (Å²) in [7, 11) is 2.05. The first kappa shape index (κ1) is 11.7. The maximum absolute atomic E-state index is 5.70. The molecule has 0 radical (unpaired) electrons. The molecule has 2 aromatic heterocycles. The zero-order valence-electron chi connectivity index (χ0n) is 10.8. The minimum atomic E-state index is 0.553. The van der Waals surface area contributed by atoms with Crippen LogP contribution in [-0.2, 0) is 6.54 Å². The van der Waals surface area contributed by atoms with E-state index >= 15 is 0 Å². The van der Waals surface area contributed by atoms with Gasteiger partial charge in [0.2, 0.25) is 0 Å². The highest BCUT2D eigenvalue weighted by atomic mass is 15.2. The van der Waals surface area contributed by atoms with Crippen molar-refractivity contribution in [3.8, 4) is 0 Å². The fourth-order valence-electron chi connectivity index (χ4n) is 2.23. The summed E-state index contributed by atoms with van der Waals surface area (Å²) in [5, 5.41) is 0. The van der Waals surface area contributed by atoms with Crippen molar-refractivity contribution >= 4 is 17.2 Å². The lowest BCUT2D eigenvalue weighted by Gasteiger charge is -2.21. The van der Waals surface area contributed by atoms with Gasteiger partial charge in [0.25, 0.3) is 0 Å². The van der Waals surface area contributed by atoms with Crippen LogP contribution in [-0.4, -0.2) is 16.4 Å². The number of nitrogens with two attached hydrogens (primary N) is 1. The number of hydrogen-bond acceptors (Lipinski definition) is 3. The zero-order valence-corrected chi connectivity index (χ0v) is 10.8. The average molecular weight is 252 g/mol. The van der Waals surface area contributed by atoms with Crippen LogP contribution in [0.25, 0.3) is 5.65 Å². The van der Waals surface area contributed by atoms with Gasteiger partial charge < -0.3 is 10.6 Å². The molecule has 4 heteroatoms. The van der Waals surface area contributed by atoms with Crippen molar-refractivity contribution in [2.75, 3.05) is 11.9 Å². The summed E-state index contributed by atoms with van der Waals surface area (Å²) in [4.78, 5) is 6.44. The number of nitrogens with zero attached hydrogens (tertiary/aromatic N) is 3. The molecule has 0 saturated heterocycles. The van der Waals surface area contributed by atoms with Crippen LogP contribution in [0.1, 0.15) is 5.56 Å². The largest absolute Gasteiger partial charge is 0.331 e. The summed E-state index contributed by atoms with van der Waals surface area (Å²) in [6, 6.07) is 14.3. The second kappa shape index (κ2) is 4.74. The van der Waals surface area contributed by atoms with Gasteiger partial charge in [-0.2, -0.15) is 0 Å². The molecular formula is C15H16N4. The normalized spacial score (nSPS) is 10.8. The van der Waals surface area contributed by atoms with Crippen LogP contribution < -0.4 is 10.6 Å². The van der Waals surface area contributed by atoms with Crippen molar-refractivity contribution in [1.29, 1.82) is 0 Å². The van der Waals surface area contributed by atoms with Gasteiger partial charge >= 0.3 is 0 Å². The molecule has 0 aliphatic carbocycles. The summed E-state index contributed by atoms with van der Waals surface area (Å²) >= 11 is 0. The lowest BCUT2D eigenvalue weighted by molar-refractivity contribution is 1.04. The van der Waals surface area contributed by atoms with Gasteiger partial charge in [-0.3, -0.25) is 4.40 Å². The first-order chi connectivity index (χ1) is 9.29. The summed E-state index contributed by atoms with van der Waals surface area (Å²) in [5.74, 6) is 1.07. The maximum atomic E-state index is 5.70. The number of anilines is 2. The Morgan fingerprint density at radius 2 is 2.05 bits per heavy atom. The van der Waals surface area contributed by atoms with Crippen LogP contribution in [0.3, 0.4) is 0 Å². The van der Waals surface area contributed by atoms with Gasteiger partial charge in [-0.05, 0) is 29.8 Å². The van der Waals surface area contributed by atoms with E-state index in [4.69, 9.17) is 5.73 Å². The fourth-order valence-corrected chi connectivity index (χ4v) is 2.23. The van der Waals surface area contributed by atoms with E-state index in [1.54, 1.807) is 0 Å². The molecule has 3 rings (SSSR count). The number of aromatic nitrogens is 2. The minimum absolute atomic E-state index is 0.553. The van der Waals surface area contributed by atoms with Gasteiger partial charge in [-0.15, -0.1) is 0 Å². The fraction of sp³-hybridized carbons (Fsp3) is 0.133. The van der Waals surface area contributed by atoms with Gasteiger partial charge in [0.15, 0.2) is 0 Å². The van der Waals surface area contributed by atoms with Crippen molar-refractivity contribution < 1.29 is 0 Å². The molecule has 0 atom stereocenters. The molecule has 0 aliphatic rings. The van der Waals surface area contributed by atoms with Gasteiger partial charge in [0.05, 0.1) is 0 Å². The van der Waals surface area contributed by atoms with E-state index < -0.39 is 0 Å². The Bertz CT molecular complexity index is 702. The van der Waals surface area contributed by atoms with Gasteiger partial charge in [-0.25, -0.2) is 4.98 Å². The molecule has 0 bridgehead atoms. The highest BCUT2D eigenvalue weighted by Crippen LogP contribution is 2.24. The average Bonchev–Trinajstić information content (AvgIpc) is 2.95. The monoisotopic (exact) mass is 252 g/mol. The third-order valence-corrected chi connectivity index (χ3v) is 3.28. The second-order valence-electron chi connectivity index (χ2n) is 4.47. The van der Waals surface area contributed by atoms with E-state index in [1.165, 1.54) is 0 Å². The molecule has 4 nitrogen and oxygen atoms in total. The summed E-state index contributed by atoms with van der Waals surface area (Å²) in [5.41, 5.74) is 8.88. The van der Waals surface area contributed by atoms with E-state index in [0.29, 0.717) is 6.54 Å². The summed E-state index contributed by atoms with van der Waals surface area (Å²) in [6.45, 7) is 0.553. The van der Waals surface area contributed by atoms with E-state index in [2.05, 4.69) is 32.5 Å². The number of rotatable bonds is 3. The molecule has 19 heavy (non-hydrogen) atoms. The molecule has 2 heterocycles. The highest BCUT2D eigenvalue weighted by Gasteiger charge is 2.08. The van der Waals surface area contributed by atoms with Crippen LogP contribution in [0.4, 0.5) is 11.5 Å². The topological polar surface area (TPSA) is 46.6 Å². The number of imidazole rings is 1. The van der Waals surface area contributed by atoms with Crippen molar-refractivity contribution in [2.45, 2.75) is 6.54 Å². The Balaban J connectivity index is 2.07. The molecule has 96 valence electrons. The molecule has 0 aliphatic heterocycles. The first-order valence-corrected chi connectivity index (χ1v) is 6.24. The lowest BCUT2D eigenvalue weighted by atomic mass is 10.2. The Morgan fingerprint density at radius 3 is 2.89 bits per heavy atom. The van der Waals surface area contributed by atoms with Crippen molar-refractivity contribution in [2.24, 2.45) is 5.73 Å². The molecule has 1 aromatic carbocycles. The predicted octanol–water partition coefficient (Wildman–Crippen LogP) is 2.56. The Labute approximate surface area is 112 Å². The van der Waals surface area contributed by atoms with Crippen LogP contribution in [0.15, 0.2) is 54.9 Å². The van der Waals surface area contributed by atoms with Gasteiger partial charge in [0, 0.05) is 31.7 Å². The molecule has 0 unspecified atom stereocenters. The van der Waals surface area contributed by atoms with Crippen molar-refractivity contribution in [3.63, 3.8) is 0 Å². The molecule has 0 amide bonds. The van der Waals surface area contributed by atoms with Crippen LogP contribution in [0, 0.1) is 0 Å². The predicted molar refractivity (Wildman–Crippen MR) is 77.6 cm³/mol. The minimum Gasteiger partial charge on any atom is -0.331 e. The van der Waals surface area contributed by atoms with E-state index in [1.807, 2.05) is 43.7 Å².